The van der Waals surface area contributed by atoms with E-state index in [1.54, 1.807) is 6.33 Å². The van der Waals surface area contributed by atoms with Gasteiger partial charge in [0.15, 0.2) is 0 Å². The van der Waals surface area contributed by atoms with Crippen molar-refractivity contribution in [2.24, 2.45) is 0 Å². The van der Waals surface area contributed by atoms with Crippen molar-refractivity contribution in [3.63, 3.8) is 0 Å². The van der Waals surface area contributed by atoms with Gasteiger partial charge in [-0.3, -0.25) is 9.69 Å². The van der Waals surface area contributed by atoms with Gasteiger partial charge in [-0.2, -0.15) is 0 Å². The normalized spacial score (nSPS) is 23.2. The maximum absolute atomic E-state index is 12.3. The fourth-order valence-electron chi connectivity index (χ4n) is 3.77. The van der Waals surface area contributed by atoms with Crippen LogP contribution in [0.4, 0.5) is 5.82 Å². The highest BCUT2D eigenvalue weighted by atomic mass is 16.2. The highest BCUT2D eigenvalue weighted by Crippen LogP contribution is 2.26. The Morgan fingerprint density at radius 2 is 1.96 bits per heavy atom. The first-order valence-electron chi connectivity index (χ1n) is 9.42. The summed E-state index contributed by atoms with van der Waals surface area (Å²) in [6.07, 6.45) is 4.98. The molecule has 0 spiro atoms. The molecule has 1 aliphatic carbocycles. The van der Waals surface area contributed by atoms with Crippen LogP contribution in [-0.2, 0) is 17.8 Å². The number of rotatable bonds is 4. The summed E-state index contributed by atoms with van der Waals surface area (Å²) in [6.45, 7) is 7.62. The van der Waals surface area contributed by atoms with Crippen molar-refractivity contribution in [1.29, 1.82) is 0 Å². The monoisotopic (exact) mass is 344 g/mol. The number of fused-ring (bicyclic) bond motifs is 1. The van der Waals surface area contributed by atoms with E-state index >= 15 is 0 Å². The third kappa shape index (κ3) is 3.62. The number of anilines is 1. The lowest BCUT2D eigenvalue weighted by Gasteiger charge is -2.39. The van der Waals surface area contributed by atoms with Crippen LogP contribution >= 0.6 is 0 Å². The van der Waals surface area contributed by atoms with E-state index in [-0.39, 0.29) is 11.9 Å². The molecule has 0 aromatic carbocycles. The molecule has 7 heteroatoms. The topological polar surface area (TPSA) is 64.6 Å². The molecule has 25 heavy (non-hydrogen) atoms. The molecule has 7 nitrogen and oxygen atoms in total. The quantitative estimate of drug-likeness (QED) is 0.845. The first-order chi connectivity index (χ1) is 12.1. The summed E-state index contributed by atoms with van der Waals surface area (Å²) in [7, 11) is 2.15. The lowest BCUT2D eigenvalue weighted by Crippen LogP contribution is -2.54. The fraction of sp³-hybridized carbons (Fsp3) is 0.722. The minimum absolute atomic E-state index is 0.0480. The summed E-state index contributed by atoms with van der Waals surface area (Å²) in [5, 5.41) is 3.12. The average Bonchev–Trinajstić information content (AvgIpc) is 3.44. The largest absolute Gasteiger partial charge is 0.354 e. The Hall–Kier alpha value is -1.73. The predicted octanol–water partition coefficient (Wildman–Crippen LogP) is 0.254. The fourth-order valence-corrected chi connectivity index (χ4v) is 3.77. The van der Waals surface area contributed by atoms with Crippen molar-refractivity contribution in [1.82, 2.24) is 25.1 Å². The number of nitrogens with one attached hydrogen (secondary N) is 1. The van der Waals surface area contributed by atoms with Crippen LogP contribution in [0, 0.1) is 0 Å². The van der Waals surface area contributed by atoms with E-state index in [0.29, 0.717) is 6.04 Å². The summed E-state index contributed by atoms with van der Waals surface area (Å²) < 4.78 is 0. The molecule has 2 aliphatic heterocycles. The molecule has 1 N–H and O–H groups in total. The van der Waals surface area contributed by atoms with Gasteiger partial charge in [0.25, 0.3) is 0 Å². The number of carbonyl (C=O) groups is 1. The van der Waals surface area contributed by atoms with Crippen LogP contribution in [0.1, 0.15) is 31.0 Å². The van der Waals surface area contributed by atoms with Gasteiger partial charge in [0.05, 0.1) is 11.7 Å². The van der Waals surface area contributed by atoms with E-state index in [2.05, 4.69) is 37.0 Å². The number of amides is 1. The molecule has 2 fully saturated rings. The maximum Gasteiger partial charge on any atom is 0.237 e. The third-order valence-corrected chi connectivity index (χ3v) is 5.63. The Morgan fingerprint density at radius 1 is 1.20 bits per heavy atom. The van der Waals surface area contributed by atoms with E-state index in [0.717, 1.165) is 64.3 Å². The molecule has 1 aromatic rings. The van der Waals surface area contributed by atoms with E-state index in [1.807, 2.05) is 6.92 Å². The Bertz CT molecular complexity index is 638. The Balaban J connectivity index is 1.39. The van der Waals surface area contributed by atoms with Crippen LogP contribution in [0.3, 0.4) is 0 Å². The molecule has 4 rings (SSSR count). The average molecular weight is 344 g/mol. The van der Waals surface area contributed by atoms with Crippen molar-refractivity contribution >= 4 is 11.7 Å². The van der Waals surface area contributed by atoms with Gasteiger partial charge < -0.3 is 15.1 Å². The number of nitrogens with zero attached hydrogens (tertiary/aromatic N) is 5. The highest BCUT2D eigenvalue weighted by molar-refractivity contribution is 5.81. The minimum Gasteiger partial charge on any atom is -0.354 e. The first kappa shape index (κ1) is 16.7. The predicted molar refractivity (Wildman–Crippen MR) is 96.5 cm³/mol. The van der Waals surface area contributed by atoms with Crippen LogP contribution in [0.25, 0.3) is 0 Å². The van der Waals surface area contributed by atoms with Crippen LogP contribution in [0.5, 0.6) is 0 Å². The van der Waals surface area contributed by atoms with Crippen LogP contribution in [-0.4, -0.2) is 77.5 Å². The number of aromatic nitrogens is 2. The molecule has 3 heterocycles. The van der Waals surface area contributed by atoms with Gasteiger partial charge in [-0.1, -0.05) is 0 Å². The summed E-state index contributed by atoms with van der Waals surface area (Å²) in [5.74, 6) is 1.27. The van der Waals surface area contributed by atoms with Gasteiger partial charge in [-0.15, -0.1) is 0 Å². The highest BCUT2D eigenvalue weighted by Gasteiger charge is 2.31. The summed E-state index contributed by atoms with van der Waals surface area (Å²) in [5.41, 5.74) is 2.48. The van der Waals surface area contributed by atoms with Crippen molar-refractivity contribution in [2.45, 2.75) is 44.8 Å². The van der Waals surface area contributed by atoms with Crippen LogP contribution < -0.4 is 10.2 Å². The van der Waals surface area contributed by atoms with Gasteiger partial charge >= 0.3 is 0 Å². The number of hydrogen-bond acceptors (Lipinski definition) is 6. The minimum atomic E-state index is -0.0480. The Morgan fingerprint density at radius 3 is 2.68 bits per heavy atom. The second-order valence-corrected chi connectivity index (χ2v) is 7.59. The second kappa shape index (κ2) is 6.88. The molecular formula is C18H28N6O. The number of piperazine rings is 1. The zero-order chi connectivity index (χ0) is 17.4. The van der Waals surface area contributed by atoms with Crippen molar-refractivity contribution in [2.75, 3.05) is 44.7 Å². The molecule has 0 bridgehead atoms. The SMILES string of the molecule is C[C@@H](C(=O)NC1CC1)N1CCN(c2ncnc3c2CN(C)CC3)CC1. The second-order valence-electron chi connectivity index (χ2n) is 7.59. The molecule has 1 amide bonds. The smallest absolute Gasteiger partial charge is 0.237 e. The summed E-state index contributed by atoms with van der Waals surface area (Å²) in [4.78, 5) is 28.3. The third-order valence-electron chi connectivity index (χ3n) is 5.63. The Kier molecular flexibility index (Phi) is 4.60. The van der Waals surface area contributed by atoms with E-state index in [1.165, 1.54) is 11.3 Å². The first-order valence-corrected chi connectivity index (χ1v) is 9.42. The van der Waals surface area contributed by atoms with Crippen LogP contribution in [0.15, 0.2) is 6.33 Å². The van der Waals surface area contributed by atoms with E-state index in [9.17, 15) is 4.79 Å². The molecule has 1 saturated heterocycles. The molecule has 1 atom stereocenters. The van der Waals surface area contributed by atoms with Crippen molar-refractivity contribution in [3.8, 4) is 0 Å². The molecule has 1 aromatic heterocycles. The lowest BCUT2D eigenvalue weighted by atomic mass is 10.1. The molecule has 3 aliphatic rings. The standard InChI is InChI=1S/C18H28N6O/c1-13(18(25)21-14-3-4-14)23-7-9-24(10-8-23)17-15-11-22(2)6-5-16(15)19-12-20-17/h12-14H,3-11H2,1-2H3,(H,21,25)/t13-/m0/s1. The maximum atomic E-state index is 12.3. The van der Waals surface area contributed by atoms with E-state index in [4.69, 9.17) is 0 Å². The van der Waals surface area contributed by atoms with Gasteiger partial charge in [-0.25, -0.2) is 9.97 Å². The van der Waals surface area contributed by atoms with Gasteiger partial charge in [0, 0.05) is 57.3 Å². The molecular weight excluding hydrogens is 316 g/mol. The molecule has 0 unspecified atom stereocenters. The van der Waals surface area contributed by atoms with Crippen molar-refractivity contribution in [3.05, 3.63) is 17.6 Å². The molecule has 136 valence electrons. The zero-order valence-electron chi connectivity index (χ0n) is 15.2. The van der Waals surface area contributed by atoms with E-state index < -0.39 is 0 Å². The van der Waals surface area contributed by atoms with Crippen molar-refractivity contribution < 1.29 is 4.79 Å². The Labute approximate surface area is 149 Å². The van der Waals surface area contributed by atoms with Gasteiger partial charge in [-0.05, 0) is 26.8 Å². The lowest BCUT2D eigenvalue weighted by molar-refractivity contribution is -0.126. The van der Waals surface area contributed by atoms with Gasteiger partial charge in [0.1, 0.15) is 12.1 Å². The van der Waals surface area contributed by atoms with Gasteiger partial charge in [0.2, 0.25) is 5.91 Å². The van der Waals surface area contributed by atoms with Crippen LogP contribution in [0.2, 0.25) is 0 Å². The zero-order valence-corrected chi connectivity index (χ0v) is 15.2. The summed E-state index contributed by atoms with van der Waals surface area (Å²) >= 11 is 0. The number of hydrogen-bond donors (Lipinski definition) is 1. The summed E-state index contributed by atoms with van der Waals surface area (Å²) in [6, 6.07) is 0.383. The number of likely N-dealkylation sites (N-methyl/N-ethyl adjacent to an activating group) is 1. The number of carbonyl (C=O) groups excluding carboxylic acids is 1. The molecule has 0 radical (unpaired) electrons. The molecule has 1 saturated carbocycles.